The Morgan fingerprint density at radius 3 is 2.38 bits per heavy atom. The molecular formula is C7H19N5O3Si. The Hall–Kier alpha value is -0.873. The van der Waals surface area contributed by atoms with Crippen molar-refractivity contribution in [3.63, 3.8) is 0 Å². The van der Waals surface area contributed by atoms with Crippen molar-refractivity contribution in [1.82, 2.24) is 16.1 Å². The van der Waals surface area contributed by atoms with E-state index in [9.17, 15) is 0 Å². The Labute approximate surface area is 96.0 Å². The molecule has 0 spiro atoms. The van der Waals surface area contributed by atoms with E-state index < -0.39 is 8.80 Å². The van der Waals surface area contributed by atoms with E-state index in [-0.39, 0.29) is 0 Å². The van der Waals surface area contributed by atoms with E-state index in [1.54, 1.807) is 26.4 Å². The van der Waals surface area contributed by atoms with Gasteiger partial charge >= 0.3 is 8.80 Å². The molecule has 0 saturated heterocycles. The first kappa shape index (κ1) is 13.2. The van der Waals surface area contributed by atoms with Gasteiger partial charge in [0.2, 0.25) is 5.96 Å². The molecule has 0 bridgehead atoms. The number of rotatable bonds is 7. The third-order valence-corrected chi connectivity index (χ3v) is 5.17. The van der Waals surface area contributed by atoms with E-state index in [4.69, 9.17) is 19.0 Å². The van der Waals surface area contributed by atoms with E-state index in [1.807, 2.05) is 0 Å². The second-order valence-corrected chi connectivity index (χ2v) is 6.35. The molecule has 0 atom stereocenters. The van der Waals surface area contributed by atoms with Crippen molar-refractivity contribution in [2.45, 2.75) is 12.5 Å². The summed E-state index contributed by atoms with van der Waals surface area (Å²) in [7, 11) is 2.35. The summed E-state index contributed by atoms with van der Waals surface area (Å²) in [6.07, 6.45) is 0.838. The maximum Gasteiger partial charge on any atom is 0.500 e. The molecule has 0 amide bonds. The van der Waals surface area contributed by atoms with Crippen LogP contribution in [-0.4, -0.2) is 47.8 Å². The zero-order valence-electron chi connectivity index (χ0n) is 9.82. The minimum absolute atomic E-state index is 0.355. The third kappa shape index (κ3) is 3.32. The van der Waals surface area contributed by atoms with Gasteiger partial charge in [-0.3, -0.25) is 5.43 Å². The fourth-order valence-electron chi connectivity index (χ4n) is 1.42. The van der Waals surface area contributed by atoms with Gasteiger partial charge in [0.15, 0.2) is 0 Å². The van der Waals surface area contributed by atoms with Gasteiger partial charge in [-0.25, -0.2) is 5.53 Å². The third-order valence-electron chi connectivity index (χ3n) is 2.34. The summed E-state index contributed by atoms with van der Waals surface area (Å²) in [5.74, 6) is 0.355. The van der Waals surface area contributed by atoms with Crippen LogP contribution < -0.4 is 16.7 Å². The van der Waals surface area contributed by atoms with Gasteiger partial charge in [-0.05, 0) is 6.42 Å². The Kier molecular flexibility index (Phi) is 4.95. The molecule has 0 saturated carbocycles. The average molecular weight is 249 g/mol. The van der Waals surface area contributed by atoms with Gasteiger partial charge in [0.1, 0.15) is 0 Å². The lowest BCUT2D eigenvalue weighted by Crippen LogP contribution is -2.46. The van der Waals surface area contributed by atoms with Crippen LogP contribution in [0.25, 0.3) is 0 Å². The fourth-order valence-corrected chi connectivity index (χ4v) is 3.12. The van der Waals surface area contributed by atoms with Crippen molar-refractivity contribution in [2.24, 2.45) is 10.8 Å². The van der Waals surface area contributed by atoms with Crippen molar-refractivity contribution < 1.29 is 13.3 Å². The van der Waals surface area contributed by atoms with Crippen LogP contribution in [0.15, 0.2) is 5.10 Å². The molecule has 0 aromatic heterocycles. The fraction of sp³-hybridized carbons (Fsp3) is 0.857. The molecule has 0 radical (unpaired) electrons. The second-order valence-electron chi connectivity index (χ2n) is 3.26. The van der Waals surface area contributed by atoms with Crippen LogP contribution in [0.3, 0.4) is 0 Å². The summed E-state index contributed by atoms with van der Waals surface area (Å²) >= 11 is 0. The quantitative estimate of drug-likeness (QED) is 0.488. The van der Waals surface area contributed by atoms with Crippen molar-refractivity contribution >= 4 is 14.8 Å². The lowest BCUT2D eigenvalue weighted by molar-refractivity contribution is 0.118. The molecule has 0 unspecified atom stereocenters. The number of hydrazine groups is 2. The highest BCUT2D eigenvalue weighted by molar-refractivity contribution is 6.60. The normalized spacial score (nSPS) is 16.8. The Bertz CT molecular complexity index is 240. The largest absolute Gasteiger partial charge is 0.500 e. The van der Waals surface area contributed by atoms with Crippen molar-refractivity contribution in [2.75, 3.05) is 27.9 Å². The van der Waals surface area contributed by atoms with Gasteiger partial charge in [0, 0.05) is 33.9 Å². The number of hydrogen-bond acceptors (Lipinski definition) is 8. The predicted octanol–water partition coefficient (Wildman–Crippen LogP) is -1.19. The first-order chi connectivity index (χ1) is 7.65. The van der Waals surface area contributed by atoms with Gasteiger partial charge in [0.05, 0.1) is 0 Å². The molecular weight excluding hydrogens is 230 g/mol. The lowest BCUT2D eigenvalue weighted by Gasteiger charge is -2.25. The Balaban J connectivity index is 2.23. The Morgan fingerprint density at radius 2 is 1.94 bits per heavy atom. The number of nitrogens with two attached hydrogens (primary N) is 1. The van der Waals surface area contributed by atoms with E-state index >= 15 is 0 Å². The summed E-state index contributed by atoms with van der Waals surface area (Å²) in [5, 5.41) is 5.46. The molecule has 8 nitrogen and oxygen atoms in total. The molecule has 1 aliphatic rings. The first-order valence-electron chi connectivity index (χ1n) is 4.94. The first-order valence-corrected chi connectivity index (χ1v) is 6.87. The topological polar surface area (TPSA) is 93.4 Å². The molecule has 0 aliphatic carbocycles. The molecule has 9 heteroatoms. The van der Waals surface area contributed by atoms with Gasteiger partial charge in [-0.1, -0.05) is 0 Å². The zero-order chi connectivity index (χ0) is 12.0. The second kappa shape index (κ2) is 6.01. The van der Waals surface area contributed by atoms with Crippen molar-refractivity contribution in [1.29, 1.82) is 0 Å². The summed E-state index contributed by atoms with van der Waals surface area (Å²) in [6, 6.07) is 0.732. The van der Waals surface area contributed by atoms with Gasteiger partial charge in [0.25, 0.3) is 0 Å². The lowest BCUT2D eigenvalue weighted by atomic mass is 10.5. The summed E-state index contributed by atoms with van der Waals surface area (Å²) < 4.78 is 15.9. The maximum absolute atomic E-state index is 5.43. The van der Waals surface area contributed by atoms with E-state index in [1.165, 1.54) is 0 Å². The van der Waals surface area contributed by atoms with Crippen LogP contribution in [-0.2, 0) is 13.3 Å². The monoisotopic (exact) mass is 249 g/mol. The maximum atomic E-state index is 5.43. The molecule has 4 N–H and O–H groups in total. The smallest absolute Gasteiger partial charge is 0.377 e. The van der Waals surface area contributed by atoms with Crippen LogP contribution in [0, 0.1) is 0 Å². The van der Waals surface area contributed by atoms with Crippen LogP contribution in [0.2, 0.25) is 6.04 Å². The number of guanidine groups is 1. The molecule has 1 heterocycles. The van der Waals surface area contributed by atoms with Gasteiger partial charge in [-0.2, -0.15) is 0 Å². The van der Waals surface area contributed by atoms with Crippen LogP contribution in [0.5, 0.6) is 0 Å². The average Bonchev–Trinajstić information content (AvgIpc) is 2.71. The number of hydrazone groups is 1. The standard InChI is InChI=1S/C7H19N5O3Si/c1-13-16(14-2,15-3)6-4-5-12-10-7(8)9-11-12/h11H,4-6H2,1-3H3,(H3,8,9,10). The van der Waals surface area contributed by atoms with Crippen LogP contribution in [0.1, 0.15) is 6.42 Å². The van der Waals surface area contributed by atoms with Gasteiger partial charge in [-0.15, -0.1) is 10.2 Å². The minimum atomic E-state index is -2.46. The molecule has 0 aromatic carbocycles. The van der Waals surface area contributed by atoms with Crippen molar-refractivity contribution in [3.8, 4) is 0 Å². The molecule has 0 fully saturated rings. The van der Waals surface area contributed by atoms with Gasteiger partial charge < -0.3 is 19.0 Å². The zero-order valence-corrected chi connectivity index (χ0v) is 10.8. The van der Waals surface area contributed by atoms with Crippen molar-refractivity contribution in [3.05, 3.63) is 0 Å². The van der Waals surface area contributed by atoms with E-state index in [0.717, 1.165) is 19.0 Å². The SMILES string of the molecule is CO[Si](CCCN1NN=C(N)N1)(OC)OC. The summed E-state index contributed by atoms with van der Waals surface area (Å²) in [4.78, 5) is 0. The number of nitrogens with one attached hydrogen (secondary N) is 2. The minimum Gasteiger partial charge on any atom is -0.377 e. The molecule has 1 rings (SSSR count). The van der Waals surface area contributed by atoms with E-state index in [2.05, 4.69) is 16.1 Å². The highest BCUT2D eigenvalue weighted by Gasteiger charge is 2.37. The van der Waals surface area contributed by atoms with Crippen LogP contribution >= 0.6 is 0 Å². The Morgan fingerprint density at radius 1 is 1.31 bits per heavy atom. The molecule has 1 aliphatic heterocycles. The van der Waals surface area contributed by atoms with Crippen LogP contribution in [0.4, 0.5) is 0 Å². The number of nitrogens with zero attached hydrogens (tertiary/aromatic N) is 2. The highest BCUT2D eigenvalue weighted by Crippen LogP contribution is 2.14. The molecule has 94 valence electrons. The van der Waals surface area contributed by atoms with E-state index in [0.29, 0.717) is 5.96 Å². The predicted molar refractivity (Wildman–Crippen MR) is 60.8 cm³/mol. The molecule has 0 aromatic rings. The summed E-state index contributed by atoms with van der Waals surface area (Å²) in [5.41, 5.74) is 11.0. The summed E-state index contributed by atoms with van der Waals surface area (Å²) in [6.45, 7) is 0.717. The highest BCUT2D eigenvalue weighted by atomic mass is 28.4. The molecule has 16 heavy (non-hydrogen) atoms. The number of hydrogen-bond donors (Lipinski definition) is 3.